The lowest BCUT2D eigenvalue weighted by atomic mass is 10.0. The molecule has 5 N–H and O–H groups in total. The number of aliphatic hydroxyl groups is 1. The number of aliphatic hydroxyl groups excluding tert-OH is 1. The van der Waals surface area contributed by atoms with Gasteiger partial charge in [0.05, 0.1) is 19.3 Å². The van der Waals surface area contributed by atoms with Crippen molar-refractivity contribution in [2.75, 3.05) is 32.2 Å². The maximum absolute atomic E-state index is 11.2. The predicted octanol–water partition coefficient (Wildman–Crippen LogP) is 5.20. The Morgan fingerprint density at radius 3 is 2.05 bits per heavy atom. The first-order valence-corrected chi connectivity index (χ1v) is 15.6. The minimum atomic E-state index is -2.79. The second kappa shape index (κ2) is 23.5. The monoisotopic (exact) mass is 560 g/mol. The lowest BCUT2D eigenvalue weighted by Gasteiger charge is -2.18. The zero-order valence-corrected chi connectivity index (χ0v) is 24.2. The summed E-state index contributed by atoms with van der Waals surface area (Å²) in [6, 6.07) is 0. The molecule has 0 fully saturated rings. The van der Waals surface area contributed by atoms with Crippen molar-refractivity contribution in [2.45, 2.75) is 122 Å². The molecule has 10 nitrogen and oxygen atoms in total. The number of unbranched alkanes of at least 4 members (excludes halogenated alkanes) is 13. The highest BCUT2D eigenvalue weighted by atomic mass is 31.1. The minimum Gasteiger partial charge on any atom is -0.394 e. The zero-order chi connectivity index (χ0) is 27.8. The van der Waals surface area contributed by atoms with Crippen LogP contribution in [-0.2, 0) is 25.0 Å². The van der Waals surface area contributed by atoms with Crippen molar-refractivity contribution in [3.05, 3.63) is 22.2 Å². The lowest BCUT2D eigenvalue weighted by Crippen LogP contribution is -2.28. The molecule has 0 radical (unpaired) electrons. The summed E-state index contributed by atoms with van der Waals surface area (Å²) in [6.45, 7) is 3.00. The number of nitrogens with zero attached hydrogens (tertiary/aromatic N) is 1. The SMILES string of the molecule is CCCCCCCCCCCCCCCCOCCC(CO[C@H](CO)Cc1cnc(=O)[nH]c1N)O[P+](=O)O. The highest BCUT2D eigenvalue weighted by Crippen LogP contribution is 2.21. The van der Waals surface area contributed by atoms with Gasteiger partial charge in [0.25, 0.3) is 0 Å². The average Bonchev–Trinajstić information content (AvgIpc) is 2.88. The number of anilines is 1. The Morgan fingerprint density at radius 1 is 0.947 bits per heavy atom. The van der Waals surface area contributed by atoms with Gasteiger partial charge in [-0.3, -0.25) is 4.98 Å². The molecule has 0 aromatic carbocycles. The second-order valence-electron chi connectivity index (χ2n) is 9.93. The van der Waals surface area contributed by atoms with Gasteiger partial charge in [-0.05, 0) is 6.42 Å². The lowest BCUT2D eigenvalue weighted by molar-refractivity contribution is -0.0328. The Hall–Kier alpha value is -1.42. The number of nitrogens with one attached hydrogen (secondary N) is 1. The molecule has 1 aromatic heterocycles. The van der Waals surface area contributed by atoms with E-state index in [-0.39, 0.29) is 25.5 Å². The van der Waals surface area contributed by atoms with Crippen LogP contribution in [0.2, 0.25) is 0 Å². The van der Waals surface area contributed by atoms with Crippen molar-refractivity contribution >= 4 is 14.1 Å². The Bertz CT molecular complexity index is 781. The van der Waals surface area contributed by atoms with Gasteiger partial charge in [-0.2, -0.15) is 0 Å². The largest absolute Gasteiger partial charge is 0.695 e. The predicted molar refractivity (Wildman–Crippen MR) is 150 cm³/mol. The van der Waals surface area contributed by atoms with Crippen molar-refractivity contribution < 1.29 is 28.6 Å². The maximum Gasteiger partial charge on any atom is 0.695 e. The molecule has 1 heterocycles. The summed E-state index contributed by atoms with van der Waals surface area (Å²) in [5.41, 5.74) is 5.76. The fourth-order valence-corrected chi connectivity index (χ4v) is 4.69. The van der Waals surface area contributed by atoms with E-state index in [0.717, 1.165) is 12.8 Å². The number of ether oxygens (including phenoxy) is 2. The molecule has 0 aliphatic rings. The number of rotatable bonds is 26. The van der Waals surface area contributed by atoms with Gasteiger partial charge < -0.3 is 20.3 Å². The minimum absolute atomic E-state index is 0.00572. The zero-order valence-electron chi connectivity index (χ0n) is 23.3. The summed E-state index contributed by atoms with van der Waals surface area (Å²) in [5.74, 6) is 0.162. The highest BCUT2D eigenvalue weighted by molar-refractivity contribution is 7.32. The van der Waals surface area contributed by atoms with Gasteiger partial charge in [-0.25, -0.2) is 9.78 Å². The molecule has 0 saturated carbocycles. The van der Waals surface area contributed by atoms with E-state index in [2.05, 4.69) is 16.9 Å². The summed E-state index contributed by atoms with van der Waals surface area (Å²) in [7, 11) is -2.79. The van der Waals surface area contributed by atoms with E-state index >= 15 is 0 Å². The smallest absolute Gasteiger partial charge is 0.394 e. The van der Waals surface area contributed by atoms with E-state index in [1.165, 1.54) is 83.2 Å². The Kier molecular flexibility index (Phi) is 21.4. The van der Waals surface area contributed by atoms with Crippen LogP contribution in [0.15, 0.2) is 11.0 Å². The third kappa shape index (κ3) is 18.8. The third-order valence-corrected chi connectivity index (χ3v) is 7.04. The molecular weight excluding hydrogens is 509 g/mol. The van der Waals surface area contributed by atoms with Gasteiger partial charge in [0.15, 0.2) is 0 Å². The van der Waals surface area contributed by atoms with Gasteiger partial charge >= 0.3 is 13.9 Å². The third-order valence-electron chi connectivity index (χ3n) is 6.56. The number of H-pyrrole nitrogens is 1. The highest BCUT2D eigenvalue weighted by Gasteiger charge is 2.25. The van der Waals surface area contributed by atoms with Crippen LogP contribution in [0.25, 0.3) is 0 Å². The van der Waals surface area contributed by atoms with Gasteiger partial charge in [0.2, 0.25) is 0 Å². The van der Waals surface area contributed by atoms with E-state index in [1.807, 2.05) is 0 Å². The first-order valence-electron chi connectivity index (χ1n) is 14.4. The number of hydrogen-bond donors (Lipinski definition) is 4. The van der Waals surface area contributed by atoms with Crippen molar-refractivity contribution in [3.8, 4) is 0 Å². The Labute approximate surface area is 229 Å². The number of hydrogen-bond acceptors (Lipinski definition) is 8. The molecule has 3 atom stereocenters. The van der Waals surface area contributed by atoms with Crippen molar-refractivity contribution in [1.82, 2.24) is 9.97 Å². The second-order valence-corrected chi connectivity index (χ2v) is 10.6. The van der Waals surface area contributed by atoms with Crippen LogP contribution in [0.4, 0.5) is 5.82 Å². The summed E-state index contributed by atoms with van der Waals surface area (Å²) in [4.78, 5) is 26.4. The molecule has 0 saturated heterocycles. The van der Waals surface area contributed by atoms with E-state index < -0.39 is 26.2 Å². The van der Waals surface area contributed by atoms with Crippen LogP contribution in [-0.4, -0.2) is 58.6 Å². The molecule has 2 unspecified atom stereocenters. The van der Waals surface area contributed by atoms with E-state index in [9.17, 15) is 14.5 Å². The summed E-state index contributed by atoms with van der Waals surface area (Å²) < 4.78 is 27.6. The summed E-state index contributed by atoms with van der Waals surface area (Å²) in [5, 5.41) is 9.63. The van der Waals surface area contributed by atoms with Crippen LogP contribution in [0.1, 0.15) is 109 Å². The van der Waals surface area contributed by atoms with Crippen molar-refractivity contribution in [3.63, 3.8) is 0 Å². The first-order chi connectivity index (χ1) is 18.5. The molecule has 0 aliphatic carbocycles. The van der Waals surface area contributed by atoms with Crippen LogP contribution in [0.5, 0.6) is 0 Å². The van der Waals surface area contributed by atoms with Crippen LogP contribution >= 0.6 is 8.25 Å². The van der Waals surface area contributed by atoms with Gasteiger partial charge in [-0.1, -0.05) is 90.4 Å². The molecule has 0 aliphatic heterocycles. The average molecular weight is 561 g/mol. The van der Waals surface area contributed by atoms with Gasteiger partial charge in [0.1, 0.15) is 11.9 Å². The quantitative estimate of drug-likeness (QED) is 0.0883. The number of nitrogens with two attached hydrogens (primary N) is 1. The number of aromatic amines is 1. The van der Waals surface area contributed by atoms with E-state index in [4.69, 9.17) is 24.6 Å². The van der Waals surface area contributed by atoms with E-state index in [1.54, 1.807) is 0 Å². The van der Waals surface area contributed by atoms with Crippen molar-refractivity contribution in [1.29, 1.82) is 0 Å². The summed E-state index contributed by atoms with van der Waals surface area (Å²) >= 11 is 0. The first kappa shape index (κ1) is 34.6. The topological polar surface area (TPSA) is 157 Å². The standard InChI is InChI=1S/C27H50N3O7P/c1-2-3-4-5-6-7-8-9-10-11-12-13-14-15-17-35-18-16-24(37-38(33)34)22-36-25(21-31)19-23-20-29-27(32)30-26(23)28/h20,24-25,31H,2-19,21-22H2,1H3,(H3-,28,29,30,32,33,34)/p+1/t24?,25-/m0/s1. The van der Waals surface area contributed by atoms with Crippen LogP contribution in [0.3, 0.4) is 0 Å². The molecule has 38 heavy (non-hydrogen) atoms. The van der Waals surface area contributed by atoms with Crippen LogP contribution < -0.4 is 11.4 Å². The number of nitrogen functional groups attached to an aromatic ring is 1. The molecule has 0 spiro atoms. The molecule has 1 aromatic rings. The molecule has 220 valence electrons. The normalized spacial score (nSPS) is 13.5. The fourth-order valence-electron chi connectivity index (χ4n) is 4.27. The van der Waals surface area contributed by atoms with E-state index in [0.29, 0.717) is 25.2 Å². The molecule has 11 heteroatoms. The molecule has 0 amide bonds. The number of aromatic nitrogens is 2. The Morgan fingerprint density at radius 2 is 1.53 bits per heavy atom. The maximum atomic E-state index is 11.2. The van der Waals surface area contributed by atoms with Gasteiger partial charge in [-0.15, -0.1) is 9.42 Å². The van der Waals surface area contributed by atoms with Gasteiger partial charge in [0, 0.05) is 42.4 Å². The molecule has 1 rings (SSSR count). The molecular formula is C27H51N3O7P+. The fraction of sp³-hybridized carbons (Fsp3) is 0.852. The summed E-state index contributed by atoms with van der Waals surface area (Å²) in [6.07, 6.45) is 19.0. The van der Waals surface area contributed by atoms with Crippen LogP contribution in [0, 0.1) is 0 Å². The van der Waals surface area contributed by atoms with Crippen molar-refractivity contribution in [2.24, 2.45) is 0 Å². The Balaban J connectivity index is 2.09. The molecule has 0 bridgehead atoms.